The minimum absolute atomic E-state index is 0.0377. The molecule has 0 unspecified atom stereocenters. The maximum Gasteiger partial charge on any atom is 0.271 e. The van der Waals surface area contributed by atoms with Crippen LogP contribution in [0.4, 0.5) is 0 Å². The second kappa shape index (κ2) is 4.85. The smallest absolute Gasteiger partial charge is 0.271 e. The molecule has 0 bridgehead atoms. The number of halogens is 1. The van der Waals surface area contributed by atoms with E-state index in [1.54, 1.807) is 21.7 Å². The van der Waals surface area contributed by atoms with Crippen molar-refractivity contribution >= 4 is 17.5 Å². The molecule has 1 amide bonds. The number of amides is 1. The van der Waals surface area contributed by atoms with E-state index in [2.05, 4.69) is 5.92 Å². The first-order valence-electron chi connectivity index (χ1n) is 5.66. The van der Waals surface area contributed by atoms with E-state index in [9.17, 15) is 4.79 Å². The van der Waals surface area contributed by atoms with Gasteiger partial charge in [-0.2, -0.15) is 0 Å². The molecule has 1 fully saturated rings. The Labute approximate surface area is 106 Å². The second-order valence-corrected chi connectivity index (χ2v) is 4.92. The lowest BCUT2D eigenvalue weighted by atomic mass is 10.3. The first kappa shape index (κ1) is 12.1. The summed E-state index contributed by atoms with van der Waals surface area (Å²) in [5.74, 6) is 3.13. The predicted molar refractivity (Wildman–Crippen MR) is 67.9 cm³/mol. The third kappa shape index (κ3) is 2.83. The zero-order chi connectivity index (χ0) is 12.4. The molecule has 0 aliphatic heterocycles. The average Bonchev–Trinajstić information content (AvgIpc) is 3.02. The highest BCUT2D eigenvalue weighted by atomic mass is 35.5. The van der Waals surface area contributed by atoms with Crippen molar-refractivity contribution in [1.82, 2.24) is 9.47 Å². The Morgan fingerprint density at radius 1 is 1.71 bits per heavy atom. The lowest BCUT2D eigenvalue weighted by Crippen LogP contribution is -2.34. The van der Waals surface area contributed by atoms with Crippen LogP contribution in [0.2, 0.25) is 5.02 Å². The third-order valence-corrected chi connectivity index (χ3v) is 3.14. The minimum Gasteiger partial charge on any atom is -0.345 e. The van der Waals surface area contributed by atoms with E-state index in [1.165, 1.54) is 12.8 Å². The average molecular weight is 251 g/mol. The molecule has 0 spiro atoms. The molecule has 0 saturated heterocycles. The first-order valence-corrected chi connectivity index (χ1v) is 6.04. The Hall–Kier alpha value is -1.40. The van der Waals surface area contributed by atoms with Gasteiger partial charge in [0.15, 0.2) is 0 Å². The highest BCUT2D eigenvalue weighted by Gasteiger charge is 2.27. The molecule has 3 nitrogen and oxygen atoms in total. The topological polar surface area (TPSA) is 25.2 Å². The van der Waals surface area contributed by atoms with Gasteiger partial charge in [0.25, 0.3) is 5.91 Å². The summed E-state index contributed by atoms with van der Waals surface area (Å²) in [6.45, 7) is 1.12. The number of carbonyl (C=O) groups excluding carboxylic acids is 1. The van der Waals surface area contributed by atoms with Gasteiger partial charge in [-0.05, 0) is 24.8 Å². The van der Waals surface area contributed by atoms with Gasteiger partial charge in [0.1, 0.15) is 5.69 Å². The van der Waals surface area contributed by atoms with E-state index >= 15 is 0 Å². The Kier molecular flexibility index (Phi) is 3.44. The predicted octanol–water partition coefficient (Wildman–Crippen LogP) is 2.16. The van der Waals surface area contributed by atoms with Gasteiger partial charge in [-0.3, -0.25) is 4.79 Å². The molecular formula is C13H15ClN2O. The molecule has 0 N–H and O–H groups in total. The third-order valence-electron chi connectivity index (χ3n) is 2.94. The molecule has 0 aromatic carbocycles. The van der Waals surface area contributed by atoms with Gasteiger partial charge < -0.3 is 9.47 Å². The molecule has 1 aromatic rings. The van der Waals surface area contributed by atoms with Gasteiger partial charge in [-0.25, -0.2) is 0 Å². The van der Waals surface area contributed by atoms with Crippen molar-refractivity contribution < 1.29 is 4.79 Å². The summed E-state index contributed by atoms with van der Waals surface area (Å²) in [5.41, 5.74) is 0.589. The SMILES string of the molecule is C#CCN(CC1CC1)C(=O)c1cc(Cl)cn1C. The van der Waals surface area contributed by atoms with Gasteiger partial charge in [0, 0.05) is 19.8 Å². The van der Waals surface area contributed by atoms with Gasteiger partial charge in [-0.1, -0.05) is 17.5 Å². The quantitative estimate of drug-likeness (QED) is 0.752. The van der Waals surface area contributed by atoms with Crippen LogP contribution in [0.3, 0.4) is 0 Å². The van der Waals surface area contributed by atoms with E-state index in [0.29, 0.717) is 23.2 Å². The Bertz CT molecular complexity index is 468. The maximum atomic E-state index is 12.3. The van der Waals surface area contributed by atoms with E-state index in [4.69, 9.17) is 18.0 Å². The Morgan fingerprint density at radius 2 is 2.41 bits per heavy atom. The van der Waals surface area contributed by atoms with Crippen LogP contribution in [-0.4, -0.2) is 28.5 Å². The normalized spacial score (nSPS) is 14.4. The lowest BCUT2D eigenvalue weighted by Gasteiger charge is -2.20. The standard InChI is InChI=1S/C13H15ClN2O/c1-3-6-16(8-10-4-5-10)13(17)12-7-11(14)9-15(12)2/h1,7,9-10H,4-6,8H2,2H3. The number of rotatable bonds is 4. The zero-order valence-electron chi connectivity index (χ0n) is 9.82. The van der Waals surface area contributed by atoms with Crippen LogP contribution in [0.5, 0.6) is 0 Å². The number of nitrogens with zero attached hydrogens (tertiary/aromatic N) is 2. The first-order chi connectivity index (χ1) is 8.11. The molecule has 1 aliphatic rings. The van der Waals surface area contributed by atoms with E-state index in [1.807, 2.05) is 7.05 Å². The molecule has 90 valence electrons. The number of aryl methyl sites for hydroxylation is 1. The van der Waals surface area contributed by atoms with Crippen molar-refractivity contribution in [3.05, 3.63) is 23.0 Å². The van der Waals surface area contributed by atoms with Crippen molar-refractivity contribution in [2.75, 3.05) is 13.1 Å². The lowest BCUT2D eigenvalue weighted by molar-refractivity contribution is 0.0760. The van der Waals surface area contributed by atoms with E-state index in [0.717, 1.165) is 6.54 Å². The number of aromatic nitrogens is 1. The summed E-state index contributed by atoms with van der Waals surface area (Å²) in [6, 6.07) is 1.68. The van der Waals surface area contributed by atoms with Crippen LogP contribution < -0.4 is 0 Å². The van der Waals surface area contributed by atoms with Gasteiger partial charge in [0.2, 0.25) is 0 Å². The van der Waals surface area contributed by atoms with Crippen LogP contribution in [0.15, 0.2) is 12.3 Å². The summed E-state index contributed by atoms with van der Waals surface area (Å²) in [4.78, 5) is 14.0. The Morgan fingerprint density at radius 3 is 2.88 bits per heavy atom. The summed E-state index contributed by atoms with van der Waals surface area (Å²) < 4.78 is 1.74. The molecule has 0 radical (unpaired) electrons. The number of hydrogen-bond donors (Lipinski definition) is 0. The monoisotopic (exact) mass is 250 g/mol. The van der Waals surface area contributed by atoms with Crippen LogP contribution >= 0.6 is 11.6 Å². The fourth-order valence-electron chi connectivity index (χ4n) is 1.84. The van der Waals surface area contributed by atoms with Crippen molar-refractivity contribution in [2.24, 2.45) is 13.0 Å². The van der Waals surface area contributed by atoms with Crippen molar-refractivity contribution in [3.8, 4) is 12.3 Å². The molecule has 1 aromatic heterocycles. The highest BCUT2D eigenvalue weighted by Crippen LogP contribution is 2.30. The molecule has 1 aliphatic carbocycles. The molecule has 1 heterocycles. The molecular weight excluding hydrogens is 236 g/mol. The number of terminal acetylenes is 1. The van der Waals surface area contributed by atoms with Crippen molar-refractivity contribution in [2.45, 2.75) is 12.8 Å². The van der Waals surface area contributed by atoms with E-state index < -0.39 is 0 Å². The summed E-state index contributed by atoms with van der Waals surface area (Å²) >= 11 is 5.88. The largest absolute Gasteiger partial charge is 0.345 e. The minimum atomic E-state index is -0.0377. The van der Waals surface area contributed by atoms with E-state index in [-0.39, 0.29) is 5.91 Å². The van der Waals surface area contributed by atoms with Crippen LogP contribution in [0.1, 0.15) is 23.3 Å². The van der Waals surface area contributed by atoms with Gasteiger partial charge >= 0.3 is 0 Å². The molecule has 4 heteroatoms. The van der Waals surface area contributed by atoms with Crippen molar-refractivity contribution in [3.63, 3.8) is 0 Å². The second-order valence-electron chi connectivity index (χ2n) is 4.49. The highest BCUT2D eigenvalue weighted by molar-refractivity contribution is 6.31. The fraction of sp³-hybridized carbons (Fsp3) is 0.462. The van der Waals surface area contributed by atoms with Crippen LogP contribution in [0.25, 0.3) is 0 Å². The fourth-order valence-corrected chi connectivity index (χ4v) is 2.09. The maximum absolute atomic E-state index is 12.3. The Balaban J connectivity index is 2.14. The molecule has 2 rings (SSSR count). The molecule has 0 atom stereocenters. The van der Waals surface area contributed by atoms with Gasteiger partial charge in [0.05, 0.1) is 11.6 Å². The van der Waals surface area contributed by atoms with Crippen LogP contribution in [-0.2, 0) is 7.05 Å². The number of carbonyl (C=O) groups is 1. The number of hydrogen-bond acceptors (Lipinski definition) is 1. The molecule has 17 heavy (non-hydrogen) atoms. The summed E-state index contributed by atoms with van der Waals surface area (Å²) in [5, 5.41) is 0.572. The van der Waals surface area contributed by atoms with Crippen LogP contribution in [0, 0.1) is 18.3 Å². The van der Waals surface area contributed by atoms with Gasteiger partial charge in [-0.15, -0.1) is 6.42 Å². The summed E-state index contributed by atoms with van der Waals surface area (Å²) in [6.07, 6.45) is 9.42. The zero-order valence-corrected chi connectivity index (χ0v) is 10.6. The molecule has 1 saturated carbocycles. The van der Waals surface area contributed by atoms with Crippen molar-refractivity contribution in [1.29, 1.82) is 0 Å². The summed E-state index contributed by atoms with van der Waals surface area (Å²) in [7, 11) is 1.81.